The van der Waals surface area contributed by atoms with Crippen LogP contribution in [0.4, 0.5) is 22.0 Å². The number of nitrogens with zero attached hydrogens (tertiary/aromatic N) is 4. The minimum Gasteiger partial charge on any atom is -0.333 e. The fourth-order valence-corrected chi connectivity index (χ4v) is 2.89. The third-order valence-electron chi connectivity index (χ3n) is 4.23. The first kappa shape index (κ1) is 19.2. The molecule has 0 radical (unpaired) electrons. The summed E-state index contributed by atoms with van der Waals surface area (Å²) >= 11 is 0. The number of rotatable bonds is 5. The van der Waals surface area contributed by atoms with Gasteiger partial charge in [-0.1, -0.05) is 0 Å². The van der Waals surface area contributed by atoms with Crippen molar-refractivity contribution in [1.29, 1.82) is 0 Å². The van der Waals surface area contributed by atoms with Crippen LogP contribution < -0.4 is 5.73 Å². The molecule has 1 aromatic heterocycles. The second kappa shape index (κ2) is 7.59. The normalized spacial score (nSPS) is 15.1. The van der Waals surface area contributed by atoms with Crippen LogP contribution in [0, 0.1) is 17.5 Å². The van der Waals surface area contributed by atoms with E-state index in [0.29, 0.717) is 12.1 Å². The Balaban J connectivity index is 1.61. The molecule has 3 rings (SSSR count). The SMILES string of the molecule is N[C@@H](CC(=O)N1CCn2nc(C(F)F)nc2C1)Cc1cc(F)c(F)cc1F. The molecule has 0 saturated heterocycles. The van der Waals surface area contributed by atoms with Gasteiger partial charge in [0.15, 0.2) is 11.6 Å². The van der Waals surface area contributed by atoms with Crippen molar-refractivity contribution in [2.45, 2.75) is 38.4 Å². The highest BCUT2D eigenvalue weighted by molar-refractivity contribution is 5.76. The lowest BCUT2D eigenvalue weighted by Gasteiger charge is -2.27. The van der Waals surface area contributed by atoms with Gasteiger partial charge in [0.2, 0.25) is 11.7 Å². The molecule has 146 valence electrons. The van der Waals surface area contributed by atoms with Crippen molar-refractivity contribution in [3.05, 3.63) is 46.8 Å². The number of fused-ring (bicyclic) bond motifs is 1. The second-order valence-corrected chi connectivity index (χ2v) is 6.25. The van der Waals surface area contributed by atoms with Crippen LogP contribution >= 0.6 is 0 Å². The number of carbonyl (C=O) groups excluding carboxylic acids is 1. The molecular weight excluding hydrogens is 373 g/mol. The third-order valence-corrected chi connectivity index (χ3v) is 4.23. The van der Waals surface area contributed by atoms with Gasteiger partial charge < -0.3 is 10.6 Å². The zero-order valence-corrected chi connectivity index (χ0v) is 14.0. The Morgan fingerprint density at radius 1 is 1.15 bits per heavy atom. The van der Waals surface area contributed by atoms with Crippen LogP contribution in [0.2, 0.25) is 0 Å². The van der Waals surface area contributed by atoms with Crippen molar-refractivity contribution in [2.24, 2.45) is 5.73 Å². The maximum absolute atomic E-state index is 13.7. The van der Waals surface area contributed by atoms with E-state index in [2.05, 4.69) is 10.1 Å². The lowest BCUT2D eigenvalue weighted by atomic mass is 10.0. The van der Waals surface area contributed by atoms with E-state index in [1.54, 1.807) is 0 Å². The number of amides is 1. The lowest BCUT2D eigenvalue weighted by molar-refractivity contribution is -0.133. The Morgan fingerprint density at radius 3 is 2.56 bits per heavy atom. The number of carbonyl (C=O) groups is 1. The summed E-state index contributed by atoms with van der Waals surface area (Å²) in [6, 6.07) is 0.315. The Labute approximate surface area is 150 Å². The van der Waals surface area contributed by atoms with Gasteiger partial charge in [-0.2, -0.15) is 0 Å². The maximum atomic E-state index is 13.7. The third kappa shape index (κ3) is 4.24. The zero-order valence-electron chi connectivity index (χ0n) is 14.0. The van der Waals surface area contributed by atoms with Gasteiger partial charge in [-0.05, 0) is 18.1 Å². The summed E-state index contributed by atoms with van der Waals surface area (Å²) < 4.78 is 66.5. The van der Waals surface area contributed by atoms with E-state index in [4.69, 9.17) is 5.73 Å². The first-order valence-electron chi connectivity index (χ1n) is 8.13. The summed E-state index contributed by atoms with van der Waals surface area (Å²) in [6.07, 6.45) is -3.13. The molecule has 1 aromatic carbocycles. The van der Waals surface area contributed by atoms with Crippen LogP contribution in [-0.4, -0.2) is 38.2 Å². The first-order valence-corrected chi connectivity index (χ1v) is 8.13. The molecule has 6 nitrogen and oxygen atoms in total. The summed E-state index contributed by atoms with van der Waals surface area (Å²) in [4.78, 5) is 17.5. The van der Waals surface area contributed by atoms with Crippen molar-refractivity contribution in [1.82, 2.24) is 19.7 Å². The Bertz CT molecular complexity index is 856. The Hall–Kier alpha value is -2.56. The minimum absolute atomic E-state index is 0.00477. The number of halogens is 5. The van der Waals surface area contributed by atoms with Crippen LogP contribution in [-0.2, 0) is 24.3 Å². The summed E-state index contributed by atoms with van der Waals surface area (Å²) in [5.74, 6) is -4.17. The van der Waals surface area contributed by atoms with Gasteiger partial charge >= 0.3 is 0 Å². The molecule has 2 heterocycles. The Morgan fingerprint density at radius 2 is 1.85 bits per heavy atom. The second-order valence-electron chi connectivity index (χ2n) is 6.25. The van der Waals surface area contributed by atoms with Crippen LogP contribution in [0.3, 0.4) is 0 Å². The van der Waals surface area contributed by atoms with Gasteiger partial charge in [0, 0.05) is 25.1 Å². The molecule has 1 atom stereocenters. The maximum Gasteiger partial charge on any atom is 0.299 e. The van der Waals surface area contributed by atoms with Crippen molar-refractivity contribution >= 4 is 5.91 Å². The van der Waals surface area contributed by atoms with Gasteiger partial charge in [0.25, 0.3) is 6.43 Å². The van der Waals surface area contributed by atoms with Crippen molar-refractivity contribution in [3.8, 4) is 0 Å². The topological polar surface area (TPSA) is 77.0 Å². The fourth-order valence-electron chi connectivity index (χ4n) is 2.89. The summed E-state index contributed by atoms with van der Waals surface area (Å²) in [6.45, 7) is 0.461. The molecule has 0 aliphatic carbocycles. The van der Waals surface area contributed by atoms with E-state index in [1.165, 1.54) is 9.58 Å². The fraction of sp³-hybridized carbons (Fsp3) is 0.438. The molecule has 27 heavy (non-hydrogen) atoms. The predicted octanol–water partition coefficient (Wildman–Crippen LogP) is 1.94. The van der Waals surface area contributed by atoms with Crippen LogP contribution in [0.5, 0.6) is 0 Å². The van der Waals surface area contributed by atoms with Crippen LogP contribution in [0.25, 0.3) is 0 Å². The smallest absolute Gasteiger partial charge is 0.299 e. The van der Waals surface area contributed by atoms with Gasteiger partial charge in [-0.15, -0.1) is 5.10 Å². The minimum atomic E-state index is -2.80. The average molecular weight is 389 g/mol. The molecule has 0 saturated carbocycles. The lowest BCUT2D eigenvalue weighted by Crippen LogP contribution is -2.41. The highest BCUT2D eigenvalue weighted by Gasteiger charge is 2.27. The molecule has 0 spiro atoms. The molecule has 11 heteroatoms. The summed E-state index contributed by atoms with van der Waals surface area (Å²) in [5, 5.41) is 3.67. The molecule has 0 unspecified atom stereocenters. The van der Waals surface area contributed by atoms with Gasteiger partial charge in [-0.25, -0.2) is 31.6 Å². The zero-order chi connectivity index (χ0) is 19.7. The molecular formula is C16H16F5N5O. The average Bonchev–Trinajstić information content (AvgIpc) is 3.03. The van der Waals surface area contributed by atoms with E-state index in [0.717, 1.165) is 0 Å². The number of hydrogen-bond acceptors (Lipinski definition) is 4. The molecule has 0 fully saturated rings. The van der Waals surface area contributed by atoms with E-state index < -0.39 is 35.7 Å². The van der Waals surface area contributed by atoms with E-state index in [1.807, 2.05) is 0 Å². The van der Waals surface area contributed by atoms with Crippen molar-refractivity contribution in [3.63, 3.8) is 0 Å². The first-order chi connectivity index (χ1) is 12.7. The van der Waals surface area contributed by atoms with E-state index >= 15 is 0 Å². The predicted molar refractivity (Wildman–Crippen MR) is 83.0 cm³/mol. The van der Waals surface area contributed by atoms with Crippen molar-refractivity contribution < 1.29 is 26.7 Å². The Kier molecular flexibility index (Phi) is 5.40. The molecule has 2 N–H and O–H groups in total. The summed E-state index contributed by atoms with van der Waals surface area (Å²) in [7, 11) is 0. The highest BCUT2D eigenvalue weighted by Crippen LogP contribution is 2.19. The molecule has 2 aromatic rings. The standard InChI is InChI=1S/C16H16F5N5O/c17-10-6-12(19)11(18)4-8(10)3-9(22)5-14(27)25-1-2-26-13(7-25)23-16(24-26)15(20)21/h4,6,9,15H,1-3,5,7,22H2/t9-/m1/s1. The van der Waals surface area contributed by atoms with E-state index in [-0.39, 0.29) is 49.8 Å². The number of nitrogens with two attached hydrogens (primary N) is 1. The quantitative estimate of drug-likeness (QED) is 0.626. The number of alkyl halides is 2. The number of hydrogen-bond donors (Lipinski definition) is 1. The molecule has 1 aliphatic rings. The van der Waals surface area contributed by atoms with Gasteiger partial charge in [0.05, 0.1) is 13.1 Å². The van der Waals surface area contributed by atoms with Crippen LogP contribution in [0.1, 0.15) is 30.1 Å². The number of aromatic nitrogens is 3. The van der Waals surface area contributed by atoms with Gasteiger partial charge in [-0.3, -0.25) is 4.79 Å². The molecule has 1 aliphatic heterocycles. The van der Waals surface area contributed by atoms with Crippen LogP contribution in [0.15, 0.2) is 12.1 Å². The molecule has 1 amide bonds. The largest absolute Gasteiger partial charge is 0.333 e. The highest BCUT2D eigenvalue weighted by atomic mass is 19.3. The monoisotopic (exact) mass is 389 g/mol. The van der Waals surface area contributed by atoms with E-state index in [9.17, 15) is 26.7 Å². The van der Waals surface area contributed by atoms with Crippen molar-refractivity contribution in [2.75, 3.05) is 6.54 Å². The molecule has 0 bridgehead atoms. The van der Waals surface area contributed by atoms with Gasteiger partial charge in [0.1, 0.15) is 11.6 Å². The summed E-state index contributed by atoms with van der Waals surface area (Å²) in [5.41, 5.74) is 5.72. The number of benzene rings is 1.